The number of aromatic nitrogens is 1. The Kier molecular flexibility index (Phi) is 4.38. The molecule has 0 bridgehead atoms. The molecule has 5 nitrogen and oxygen atoms in total. The third kappa shape index (κ3) is 3.58. The average molecular weight is 307 g/mol. The van der Waals surface area contributed by atoms with Crippen molar-refractivity contribution in [3.8, 4) is 5.75 Å². The number of rotatable bonds is 5. The molecule has 0 aliphatic carbocycles. The lowest BCUT2D eigenvalue weighted by molar-refractivity contribution is -0.121. The number of nitrogens with zero attached hydrogens (tertiary/aromatic N) is 1. The van der Waals surface area contributed by atoms with Crippen molar-refractivity contribution < 1.29 is 9.90 Å². The number of hydrogen-bond acceptors (Lipinski definition) is 3. The minimum atomic E-state index is -0.165. The molecular formula is C18H17N3O2. The van der Waals surface area contributed by atoms with Gasteiger partial charge in [0.1, 0.15) is 5.75 Å². The zero-order valence-electron chi connectivity index (χ0n) is 12.5. The van der Waals surface area contributed by atoms with Crippen LogP contribution in [0.2, 0.25) is 0 Å². The molecular weight excluding hydrogens is 290 g/mol. The van der Waals surface area contributed by atoms with E-state index in [0.717, 1.165) is 16.5 Å². The SMILES string of the molecule is O=C(CCc1c[nH]c2ccccc12)N/N=C/c1ccccc1O. The lowest BCUT2D eigenvalue weighted by atomic mass is 10.1. The quantitative estimate of drug-likeness (QED) is 0.500. The molecule has 3 N–H and O–H groups in total. The highest BCUT2D eigenvalue weighted by molar-refractivity contribution is 5.86. The third-order valence-corrected chi connectivity index (χ3v) is 3.63. The number of aromatic hydroxyl groups is 1. The van der Waals surface area contributed by atoms with Crippen LogP contribution < -0.4 is 5.43 Å². The van der Waals surface area contributed by atoms with Gasteiger partial charge in [-0.25, -0.2) is 5.43 Å². The largest absolute Gasteiger partial charge is 0.507 e. The number of aromatic amines is 1. The van der Waals surface area contributed by atoms with E-state index in [4.69, 9.17) is 0 Å². The van der Waals surface area contributed by atoms with Gasteiger partial charge in [-0.15, -0.1) is 0 Å². The normalized spacial score (nSPS) is 11.1. The number of hydrazone groups is 1. The summed E-state index contributed by atoms with van der Waals surface area (Å²) < 4.78 is 0. The number of phenols is 1. The summed E-state index contributed by atoms with van der Waals surface area (Å²) >= 11 is 0. The number of carbonyl (C=O) groups is 1. The van der Waals surface area contributed by atoms with Crippen LogP contribution in [-0.2, 0) is 11.2 Å². The van der Waals surface area contributed by atoms with E-state index in [2.05, 4.69) is 15.5 Å². The fourth-order valence-corrected chi connectivity index (χ4v) is 2.41. The van der Waals surface area contributed by atoms with Gasteiger partial charge >= 0.3 is 0 Å². The van der Waals surface area contributed by atoms with E-state index in [1.807, 2.05) is 30.5 Å². The van der Waals surface area contributed by atoms with Crippen molar-refractivity contribution in [3.05, 3.63) is 65.9 Å². The second-order valence-electron chi connectivity index (χ2n) is 5.21. The third-order valence-electron chi connectivity index (χ3n) is 3.63. The highest BCUT2D eigenvalue weighted by Crippen LogP contribution is 2.18. The van der Waals surface area contributed by atoms with Gasteiger partial charge in [-0.1, -0.05) is 30.3 Å². The number of phenolic OH excluding ortho intramolecular Hbond substituents is 1. The van der Waals surface area contributed by atoms with Crippen LogP contribution in [0.5, 0.6) is 5.75 Å². The van der Waals surface area contributed by atoms with Crippen molar-refractivity contribution in [1.29, 1.82) is 0 Å². The second kappa shape index (κ2) is 6.79. The molecule has 0 spiro atoms. The highest BCUT2D eigenvalue weighted by atomic mass is 16.3. The maximum atomic E-state index is 11.9. The van der Waals surface area contributed by atoms with Gasteiger partial charge in [-0.2, -0.15) is 5.10 Å². The molecule has 2 aromatic carbocycles. The van der Waals surface area contributed by atoms with Crippen molar-refractivity contribution in [3.63, 3.8) is 0 Å². The van der Waals surface area contributed by atoms with E-state index >= 15 is 0 Å². The lowest BCUT2D eigenvalue weighted by Crippen LogP contribution is -2.17. The fraction of sp³-hybridized carbons (Fsp3) is 0.111. The Labute approximate surface area is 133 Å². The Morgan fingerprint density at radius 1 is 1.17 bits per heavy atom. The number of carbonyl (C=O) groups excluding carboxylic acids is 1. The van der Waals surface area contributed by atoms with Crippen molar-refractivity contribution in [2.24, 2.45) is 5.10 Å². The number of hydrogen-bond donors (Lipinski definition) is 3. The van der Waals surface area contributed by atoms with Gasteiger partial charge in [0.15, 0.2) is 0 Å². The van der Waals surface area contributed by atoms with Gasteiger partial charge in [-0.3, -0.25) is 4.79 Å². The number of para-hydroxylation sites is 2. The van der Waals surface area contributed by atoms with Crippen LogP contribution in [0.1, 0.15) is 17.5 Å². The number of nitrogens with one attached hydrogen (secondary N) is 2. The first-order valence-electron chi connectivity index (χ1n) is 7.39. The standard InChI is InChI=1S/C18H17N3O2/c22-17-8-4-1-5-14(17)12-20-21-18(23)10-9-13-11-19-16-7-3-2-6-15(13)16/h1-8,11-12,19,22H,9-10H2,(H,21,23)/b20-12+. The molecule has 0 atom stereocenters. The summed E-state index contributed by atoms with van der Waals surface area (Å²) in [6.45, 7) is 0. The Balaban J connectivity index is 1.55. The van der Waals surface area contributed by atoms with Crippen LogP contribution in [0.4, 0.5) is 0 Å². The number of fused-ring (bicyclic) bond motifs is 1. The zero-order valence-corrected chi connectivity index (χ0v) is 12.5. The number of benzene rings is 2. The summed E-state index contributed by atoms with van der Waals surface area (Å²) in [5, 5.41) is 14.6. The number of H-pyrrole nitrogens is 1. The summed E-state index contributed by atoms with van der Waals surface area (Å²) in [6.07, 6.45) is 4.35. The summed E-state index contributed by atoms with van der Waals surface area (Å²) in [6, 6.07) is 14.8. The fourth-order valence-electron chi connectivity index (χ4n) is 2.41. The maximum Gasteiger partial charge on any atom is 0.240 e. The molecule has 0 fully saturated rings. The molecule has 1 aromatic heterocycles. The molecule has 3 rings (SSSR count). The predicted octanol–water partition coefficient (Wildman–Crippen LogP) is 2.96. The number of amides is 1. The van der Waals surface area contributed by atoms with Crippen LogP contribution in [0.3, 0.4) is 0 Å². The van der Waals surface area contributed by atoms with Crippen molar-refractivity contribution in [1.82, 2.24) is 10.4 Å². The predicted molar refractivity (Wildman–Crippen MR) is 90.5 cm³/mol. The van der Waals surface area contributed by atoms with Crippen LogP contribution in [-0.4, -0.2) is 22.2 Å². The molecule has 116 valence electrons. The first-order chi connectivity index (χ1) is 11.2. The van der Waals surface area contributed by atoms with E-state index in [1.54, 1.807) is 24.3 Å². The van der Waals surface area contributed by atoms with E-state index < -0.39 is 0 Å². The zero-order chi connectivity index (χ0) is 16.1. The molecule has 1 amide bonds. The second-order valence-corrected chi connectivity index (χ2v) is 5.21. The van der Waals surface area contributed by atoms with E-state index in [9.17, 15) is 9.90 Å². The Morgan fingerprint density at radius 3 is 2.83 bits per heavy atom. The van der Waals surface area contributed by atoms with E-state index in [0.29, 0.717) is 18.4 Å². The van der Waals surface area contributed by atoms with E-state index in [1.165, 1.54) is 6.21 Å². The van der Waals surface area contributed by atoms with Crippen LogP contribution >= 0.6 is 0 Å². The van der Waals surface area contributed by atoms with Crippen molar-refractivity contribution >= 4 is 23.0 Å². The first kappa shape index (κ1) is 14.8. The molecule has 0 saturated carbocycles. The lowest BCUT2D eigenvalue weighted by Gasteiger charge is -2.00. The Hall–Kier alpha value is -3.08. The maximum absolute atomic E-state index is 11.9. The minimum absolute atomic E-state index is 0.129. The van der Waals surface area contributed by atoms with Gasteiger partial charge in [0.25, 0.3) is 0 Å². The topological polar surface area (TPSA) is 77.5 Å². The molecule has 0 unspecified atom stereocenters. The molecule has 3 aromatic rings. The number of aryl methyl sites for hydroxylation is 1. The van der Waals surface area contributed by atoms with Crippen LogP contribution in [0.25, 0.3) is 10.9 Å². The van der Waals surface area contributed by atoms with Gasteiger partial charge in [0, 0.05) is 29.1 Å². The summed E-state index contributed by atoms with van der Waals surface area (Å²) in [7, 11) is 0. The highest BCUT2D eigenvalue weighted by Gasteiger charge is 2.06. The molecule has 0 aliphatic rings. The summed E-state index contributed by atoms with van der Waals surface area (Å²) in [5.74, 6) is -0.0359. The Morgan fingerprint density at radius 2 is 1.96 bits per heavy atom. The van der Waals surface area contributed by atoms with Gasteiger partial charge in [-0.05, 0) is 30.2 Å². The molecule has 0 radical (unpaired) electrons. The molecule has 0 aliphatic heterocycles. The van der Waals surface area contributed by atoms with Crippen molar-refractivity contribution in [2.75, 3.05) is 0 Å². The van der Waals surface area contributed by atoms with Crippen LogP contribution in [0, 0.1) is 0 Å². The van der Waals surface area contributed by atoms with Gasteiger partial charge in [0.05, 0.1) is 6.21 Å². The molecule has 1 heterocycles. The van der Waals surface area contributed by atoms with Gasteiger partial charge in [0.2, 0.25) is 5.91 Å². The minimum Gasteiger partial charge on any atom is -0.507 e. The monoisotopic (exact) mass is 307 g/mol. The smallest absolute Gasteiger partial charge is 0.240 e. The molecule has 23 heavy (non-hydrogen) atoms. The molecule has 0 saturated heterocycles. The van der Waals surface area contributed by atoms with Gasteiger partial charge < -0.3 is 10.1 Å². The van der Waals surface area contributed by atoms with E-state index in [-0.39, 0.29) is 11.7 Å². The molecule has 5 heteroatoms. The van der Waals surface area contributed by atoms with Crippen molar-refractivity contribution in [2.45, 2.75) is 12.8 Å². The summed E-state index contributed by atoms with van der Waals surface area (Å²) in [5.41, 5.74) is 5.22. The van der Waals surface area contributed by atoms with Crippen LogP contribution in [0.15, 0.2) is 59.8 Å². The average Bonchev–Trinajstić information content (AvgIpc) is 2.98. The first-order valence-corrected chi connectivity index (χ1v) is 7.39. The summed E-state index contributed by atoms with van der Waals surface area (Å²) in [4.78, 5) is 15.0. The Bertz CT molecular complexity index is 852.